The highest BCUT2D eigenvalue weighted by Gasteiger charge is 2.43. The maximum atomic E-state index is 13.9. The van der Waals surface area contributed by atoms with Gasteiger partial charge in [-0.1, -0.05) is 18.2 Å². The highest BCUT2D eigenvalue weighted by Crippen LogP contribution is 2.55. The number of halogens is 1. The number of amides is 1. The Kier molecular flexibility index (Phi) is 5.88. The number of nitrogens with zero attached hydrogens (tertiary/aromatic N) is 2. The van der Waals surface area contributed by atoms with E-state index in [1.807, 2.05) is 51.1 Å². The number of pyridine rings is 1. The Labute approximate surface area is 221 Å². The smallest absolute Gasteiger partial charge is 0.251 e. The molecule has 7 heteroatoms. The van der Waals surface area contributed by atoms with Crippen LogP contribution < -0.4 is 16.0 Å². The molecule has 2 aliphatic rings. The fourth-order valence-electron chi connectivity index (χ4n) is 5.73. The summed E-state index contributed by atoms with van der Waals surface area (Å²) in [6.07, 6.45) is -0.388. The van der Waals surface area contributed by atoms with Gasteiger partial charge < -0.3 is 20.7 Å². The first-order valence-corrected chi connectivity index (χ1v) is 12.8. The second-order valence-corrected chi connectivity index (χ2v) is 9.89. The zero-order chi connectivity index (χ0) is 26.6. The number of anilines is 3. The predicted octanol–water partition coefficient (Wildman–Crippen LogP) is 6.03. The largest absolute Gasteiger partial charge is 0.384 e. The molecule has 0 spiro atoms. The number of aryl methyl sites for hydroxylation is 2. The minimum absolute atomic E-state index is 0.147. The van der Waals surface area contributed by atoms with E-state index in [0.717, 1.165) is 50.4 Å². The van der Waals surface area contributed by atoms with Gasteiger partial charge >= 0.3 is 0 Å². The molecular formula is C31H29FN4O2. The first kappa shape index (κ1) is 24.1. The van der Waals surface area contributed by atoms with Gasteiger partial charge in [0.15, 0.2) is 0 Å². The Bertz CT molecular complexity index is 1560. The lowest BCUT2D eigenvalue weighted by Gasteiger charge is -2.25. The average molecular weight is 509 g/mol. The van der Waals surface area contributed by atoms with E-state index in [-0.39, 0.29) is 23.9 Å². The van der Waals surface area contributed by atoms with E-state index in [1.165, 1.54) is 6.07 Å². The Hall–Kier alpha value is -4.23. The maximum absolute atomic E-state index is 13.9. The standard InChI is InChI=1S/C31H29FN4O2/c1-4-36(21-7-5-6-20(32)14-21)22-9-11-24-26(15-22)30-25-13-19(8-10-23(25)29(24)38-30)31(37)34-16-27-17(2)12-28(33)35-18(27)3/h5-15,29-30H,4,16H2,1-3H3,(H2,33,35)(H,34,37)/t29-,30+/m1/s1. The first-order chi connectivity index (χ1) is 18.3. The van der Waals surface area contributed by atoms with Crippen LogP contribution in [0.25, 0.3) is 0 Å². The summed E-state index contributed by atoms with van der Waals surface area (Å²) >= 11 is 0. The molecule has 6 rings (SSSR count). The van der Waals surface area contributed by atoms with Gasteiger partial charge in [-0.3, -0.25) is 4.79 Å². The lowest BCUT2D eigenvalue weighted by Crippen LogP contribution is -2.24. The van der Waals surface area contributed by atoms with Gasteiger partial charge in [-0.25, -0.2) is 9.37 Å². The molecule has 4 aromatic rings. The van der Waals surface area contributed by atoms with E-state index in [0.29, 0.717) is 24.5 Å². The van der Waals surface area contributed by atoms with Crippen LogP contribution in [0.5, 0.6) is 0 Å². The van der Waals surface area contributed by atoms with Crippen molar-refractivity contribution in [2.75, 3.05) is 17.2 Å². The van der Waals surface area contributed by atoms with Crippen LogP contribution in [-0.2, 0) is 11.3 Å². The van der Waals surface area contributed by atoms with Crippen LogP contribution in [0.1, 0.15) is 68.6 Å². The Balaban J connectivity index is 1.26. The highest BCUT2D eigenvalue weighted by atomic mass is 19.1. The first-order valence-electron chi connectivity index (χ1n) is 12.8. The van der Waals surface area contributed by atoms with Crippen molar-refractivity contribution in [1.82, 2.24) is 10.3 Å². The summed E-state index contributed by atoms with van der Waals surface area (Å²) in [6.45, 7) is 6.98. The van der Waals surface area contributed by atoms with E-state index in [9.17, 15) is 9.18 Å². The van der Waals surface area contributed by atoms with Gasteiger partial charge in [0.2, 0.25) is 0 Å². The topological polar surface area (TPSA) is 80.5 Å². The third-order valence-electron chi connectivity index (χ3n) is 7.57. The molecule has 2 aliphatic heterocycles. The van der Waals surface area contributed by atoms with Crippen LogP contribution in [0.4, 0.5) is 21.6 Å². The number of ether oxygens (including phenoxy) is 1. The number of nitrogens with one attached hydrogen (secondary N) is 1. The molecule has 0 unspecified atom stereocenters. The van der Waals surface area contributed by atoms with Gasteiger partial charge in [0.25, 0.3) is 5.91 Å². The van der Waals surface area contributed by atoms with Gasteiger partial charge in [0, 0.05) is 35.7 Å². The van der Waals surface area contributed by atoms with Crippen LogP contribution in [0.15, 0.2) is 66.7 Å². The lowest BCUT2D eigenvalue weighted by molar-refractivity contribution is 0.0857. The monoisotopic (exact) mass is 508 g/mol. The van der Waals surface area contributed by atoms with Crippen molar-refractivity contribution in [3.63, 3.8) is 0 Å². The Morgan fingerprint density at radius 2 is 1.68 bits per heavy atom. The quantitative estimate of drug-likeness (QED) is 0.332. The second kappa shape index (κ2) is 9.26. The molecule has 2 bridgehead atoms. The van der Waals surface area contributed by atoms with Crippen LogP contribution in [0.3, 0.4) is 0 Å². The van der Waals surface area contributed by atoms with Crippen LogP contribution >= 0.6 is 0 Å². The number of hydrogen-bond acceptors (Lipinski definition) is 5. The molecule has 0 fully saturated rings. The van der Waals surface area contributed by atoms with E-state index >= 15 is 0 Å². The van der Waals surface area contributed by atoms with Gasteiger partial charge in [-0.15, -0.1) is 0 Å². The van der Waals surface area contributed by atoms with Crippen molar-refractivity contribution in [2.45, 2.75) is 39.5 Å². The molecule has 3 N–H and O–H groups in total. The molecule has 3 heterocycles. The number of fused-ring (bicyclic) bond motifs is 8. The summed E-state index contributed by atoms with van der Waals surface area (Å²) in [5.41, 5.74) is 15.3. The van der Waals surface area contributed by atoms with Crippen molar-refractivity contribution < 1.29 is 13.9 Å². The zero-order valence-corrected chi connectivity index (χ0v) is 21.6. The van der Waals surface area contributed by atoms with Crippen molar-refractivity contribution in [3.8, 4) is 0 Å². The van der Waals surface area contributed by atoms with Gasteiger partial charge in [0.1, 0.15) is 23.8 Å². The molecular weight excluding hydrogens is 479 g/mol. The number of nitrogens with two attached hydrogens (primary N) is 1. The highest BCUT2D eigenvalue weighted by molar-refractivity contribution is 5.94. The summed E-state index contributed by atoms with van der Waals surface area (Å²) in [7, 11) is 0. The van der Waals surface area contributed by atoms with Gasteiger partial charge in [0.05, 0.1) is 0 Å². The van der Waals surface area contributed by atoms with Gasteiger partial charge in [-0.05, 0) is 103 Å². The zero-order valence-electron chi connectivity index (χ0n) is 21.6. The summed E-state index contributed by atoms with van der Waals surface area (Å²) in [4.78, 5) is 19.5. The molecule has 38 heavy (non-hydrogen) atoms. The van der Waals surface area contributed by atoms with E-state index in [4.69, 9.17) is 10.5 Å². The number of benzene rings is 3. The van der Waals surface area contributed by atoms with Crippen molar-refractivity contribution in [1.29, 1.82) is 0 Å². The van der Waals surface area contributed by atoms with Crippen molar-refractivity contribution in [2.24, 2.45) is 0 Å². The van der Waals surface area contributed by atoms with Crippen molar-refractivity contribution in [3.05, 3.63) is 117 Å². The number of rotatable bonds is 6. The molecule has 1 amide bonds. The third-order valence-corrected chi connectivity index (χ3v) is 7.57. The SMILES string of the molecule is CCN(c1cccc(F)c1)c1ccc2c(c1)[C@H]1O[C@@H]2c2ccc(C(=O)NCc3c(C)cc(N)nc3C)cc21. The van der Waals surface area contributed by atoms with Crippen LogP contribution in [0.2, 0.25) is 0 Å². The molecule has 0 radical (unpaired) electrons. The van der Waals surface area contributed by atoms with E-state index in [2.05, 4.69) is 33.4 Å². The molecule has 3 aromatic carbocycles. The predicted molar refractivity (Wildman–Crippen MR) is 146 cm³/mol. The Morgan fingerprint density at radius 1 is 0.974 bits per heavy atom. The summed E-state index contributed by atoms with van der Waals surface area (Å²) in [6, 6.07) is 20.5. The van der Waals surface area contributed by atoms with Crippen molar-refractivity contribution >= 4 is 23.1 Å². The molecule has 2 atom stereocenters. The lowest BCUT2D eigenvalue weighted by atomic mass is 9.85. The van der Waals surface area contributed by atoms with E-state index < -0.39 is 0 Å². The average Bonchev–Trinajstić information content (AvgIpc) is 3.45. The Morgan fingerprint density at radius 3 is 2.42 bits per heavy atom. The maximum Gasteiger partial charge on any atom is 0.251 e. The third kappa shape index (κ3) is 4.00. The minimum Gasteiger partial charge on any atom is -0.384 e. The summed E-state index contributed by atoms with van der Waals surface area (Å²) < 4.78 is 20.3. The molecule has 192 valence electrons. The number of carbonyl (C=O) groups is 1. The normalized spacial score (nSPS) is 16.7. The summed E-state index contributed by atoms with van der Waals surface area (Å²) in [5, 5.41) is 3.03. The summed E-state index contributed by atoms with van der Waals surface area (Å²) in [5.74, 6) is 0.0656. The number of hydrogen-bond donors (Lipinski definition) is 2. The number of nitrogen functional groups attached to an aromatic ring is 1. The molecule has 0 aliphatic carbocycles. The van der Waals surface area contributed by atoms with E-state index in [1.54, 1.807) is 12.1 Å². The fourth-order valence-corrected chi connectivity index (χ4v) is 5.73. The molecule has 0 saturated heterocycles. The number of aromatic nitrogens is 1. The fraction of sp³-hybridized carbons (Fsp3) is 0.226. The van der Waals surface area contributed by atoms with Crippen LogP contribution in [0, 0.1) is 19.7 Å². The van der Waals surface area contributed by atoms with Gasteiger partial charge in [-0.2, -0.15) is 0 Å². The molecule has 0 saturated carbocycles. The number of carbonyl (C=O) groups excluding carboxylic acids is 1. The molecule has 1 aromatic heterocycles. The van der Waals surface area contributed by atoms with Crippen LogP contribution in [-0.4, -0.2) is 17.4 Å². The minimum atomic E-state index is -0.262. The molecule has 6 nitrogen and oxygen atoms in total. The second-order valence-electron chi connectivity index (χ2n) is 9.89.